The zero-order chi connectivity index (χ0) is 13.0. The number of benzene rings is 1. The van der Waals surface area contributed by atoms with Crippen LogP contribution < -0.4 is 10.1 Å². The number of nitrogens with zero attached hydrogens (tertiary/aromatic N) is 1. The number of rotatable bonds is 3. The molecule has 1 aromatic heterocycles. The topological polar surface area (TPSA) is 51.2 Å². The van der Waals surface area contributed by atoms with Gasteiger partial charge in [-0.25, -0.2) is 4.98 Å². The average molecular weight is 258 g/mol. The summed E-state index contributed by atoms with van der Waals surface area (Å²) in [5.41, 5.74) is 0.902. The van der Waals surface area contributed by atoms with Crippen molar-refractivity contribution < 1.29 is 9.53 Å². The smallest absolute Gasteiger partial charge is 0.275 e. The molecule has 2 rings (SSSR count). The molecule has 1 N–H and O–H groups in total. The lowest BCUT2D eigenvalue weighted by molar-refractivity contribution is 0.102. The second-order valence-corrected chi connectivity index (χ2v) is 4.19. The molecule has 5 heteroatoms. The van der Waals surface area contributed by atoms with Gasteiger partial charge in [0.05, 0.1) is 12.8 Å². The Hall–Kier alpha value is -2.32. The van der Waals surface area contributed by atoms with Gasteiger partial charge >= 0.3 is 0 Å². The maximum Gasteiger partial charge on any atom is 0.275 e. The number of aromatic nitrogens is 1. The normalized spacial score (nSPS) is 9.56. The van der Waals surface area contributed by atoms with Crippen LogP contribution in [0.3, 0.4) is 0 Å². The first-order valence-corrected chi connectivity index (χ1v) is 5.99. The van der Waals surface area contributed by atoms with Crippen molar-refractivity contribution >= 4 is 22.9 Å². The molecule has 0 saturated carbocycles. The molecule has 0 aliphatic heterocycles. The number of hydrogen-bond acceptors (Lipinski definition) is 4. The molecule has 0 aliphatic rings. The van der Waals surface area contributed by atoms with E-state index >= 15 is 0 Å². The van der Waals surface area contributed by atoms with E-state index in [1.165, 1.54) is 11.3 Å². The van der Waals surface area contributed by atoms with Crippen LogP contribution in [-0.2, 0) is 0 Å². The van der Waals surface area contributed by atoms with Crippen LogP contribution in [-0.4, -0.2) is 18.0 Å². The second-order valence-electron chi connectivity index (χ2n) is 3.34. The standard InChI is InChI=1S/C13H10N2O2S/c1-3-12-14-10(8-18-12)13(16)15-9-6-4-5-7-11(9)17-2/h1,4-8H,2H3,(H,15,16). The molecular weight excluding hydrogens is 248 g/mol. The third-order valence-corrected chi connectivity index (χ3v) is 2.99. The summed E-state index contributed by atoms with van der Waals surface area (Å²) in [4.78, 5) is 15.9. The Kier molecular flexibility index (Phi) is 3.60. The highest BCUT2D eigenvalue weighted by Crippen LogP contribution is 2.23. The van der Waals surface area contributed by atoms with Crippen LogP contribution in [0.5, 0.6) is 5.75 Å². The molecule has 4 nitrogen and oxygen atoms in total. The van der Waals surface area contributed by atoms with E-state index in [0.717, 1.165) is 0 Å². The highest BCUT2D eigenvalue weighted by Gasteiger charge is 2.12. The highest BCUT2D eigenvalue weighted by atomic mass is 32.1. The fourth-order valence-electron chi connectivity index (χ4n) is 1.38. The van der Waals surface area contributed by atoms with Crippen LogP contribution in [0.15, 0.2) is 29.6 Å². The number of amides is 1. The number of terminal acetylenes is 1. The molecule has 0 atom stereocenters. The molecule has 0 bridgehead atoms. The Morgan fingerprint density at radius 1 is 1.50 bits per heavy atom. The predicted octanol–water partition coefficient (Wildman–Crippen LogP) is 2.39. The molecule has 1 amide bonds. The van der Waals surface area contributed by atoms with E-state index in [2.05, 4.69) is 16.2 Å². The molecule has 0 saturated heterocycles. The minimum atomic E-state index is -0.308. The van der Waals surface area contributed by atoms with Crippen molar-refractivity contribution in [3.63, 3.8) is 0 Å². The molecule has 0 fully saturated rings. The molecule has 0 unspecified atom stereocenters. The van der Waals surface area contributed by atoms with Crippen molar-refractivity contribution in [3.8, 4) is 18.1 Å². The second kappa shape index (κ2) is 5.34. The lowest BCUT2D eigenvalue weighted by atomic mass is 10.3. The van der Waals surface area contributed by atoms with E-state index in [1.54, 1.807) is 24.6 Å². The summed E-state index contributed by atoms with van der Waals surface area (Å²) in [7, 11) is 1.55. The number of methoxy groups -OCH3 is 1. The van der Waals surface area contributed by atoms with Gasteiger partial charge in [0, 0.05) is 5.38 Å². The van der Waals surface area contributed by atoms with E-state index in [-0.39, 0.29) is 5.91 Å². The van der Waals surface area contributed by atoms with Gasteiger partial charge in [-0.1, -0.05) is 12.1 Å². The Morgan fingerprint density at radius 3 is 2.94 bits per heavy atom. The maximum absolute atomic E-state index is 11.9. The average Bonchev–Trinajstić information content (AvgIpc) is 2.88. The zero-order valence-electron chi connectivity index (χ0n) is 9.64. The summed E-state index contributed by atoms with van der Waals surface area (Å²) in [5, 5.41) is 4.84. The lowest BCUT2D eigenvalue weighted by Crippen LogP contribution is -2.13. The number of hydrogen-bond donors (Lipinski definition) is 1. The summed E-state index contributed by atoms with van der Waals surface area (Å²) in [5.74, 6) is 2.68. The predicted molar refractivity (Wildman–Crippen MR) is 71.0 cm³/mol. The number of thiazole rings is 1. The van der Waals surface area contributed by atoms with E-state index in [0.29, 0.717) is 22.1 Å². The van der Waals surface area contributed by atoms with Crippen molar-refractivity contribution in [2.45, 2.75) is 0 Å². The molecule has 1 aromatic carbocycles. The number of anilines is 1. The first kappa shape index (κ1) is 12.1. The summed E-state index contributed by atoms with van der Waals surface area (Å²) < 4.78 is 5.14. The zero-order valence-corrected chi connectivity index (χ0v) is 10.5. The van der Waals surface area contributed by atoms with Gasteiger partial charge in [0.1, 0.15) is 11.4 Å². The molecule has 2 aromatic rings. The number of nitrogens with one attached hydrogen (secondary N) is 1. The van der Waals surface area contributed by atoms with Crippen LogP contribution in [0.25, 0.3) is 0 Å². The van der Waals surface area contributed by atoms with E-state index in [1.807, 2.05) is 12.1 Å². The number of ether oxygens (including phenoxy) is 1. The lowest BCUT2D eigenvalue weighted by Gasteiger charge is -2.08. The minimum absolute atomic E-state index is 0.304. The molecule has 0 aliphatic carbocycles. The van der Waals surface area contributed by atoms with E-state index in [4.69, 9.17) is 11.2 Å². The maximum atomic E-state index is 11.9. The Bertz CT molecular complexity index is 613. The summed E-state index contributed by atoms with van der Waals surface area (Å²) in [6, 6.07) is 7.16. The molecule has 90 valence electrons. The van der Waals surface area contributed by atoms with Crippen molar-refractivity contribution in [3.05, 3.63) is 40.3 Å². The third-order valence-electron chi connectivity index (χ3n) is 2.22. The molecular formula is C13H10N2O2S. The van der Waals surface area contributed by atoms with E-state index < -0.39 is 0 Å². The summed E-state index contributed by atoms with van der Waals surface area (Å²) in [6.07, 6.45) is 5.21. The van der Waals surface area contributed by atoms with Crippen LogP contribution in [0, 0.1) is 12.3 Å². The monoisotopic (exact) mass is 258 g/mol. The fourth-order valence-corrected chi connectivity index (χ4v) is 1.98. The third kappa shape index (κ3) is 2.50. The number of para-hydroxylation sites is 2. The Balaban J connectivity index is 2.19. The van der Waals surface area contributed by atoms with Crippen LogP contribution in [0.1, 0.15) is 15.5 Å². The molecule has 0 spiro atoms. The molecule has 1 heterocycles. The van der Waals surface area contributed by atoms with Gasteiger partial charge in [0.25, 0.3) is 5.91 Å². The van der Waals surface area contributed by atoms with Crippen molar-refractivity contribution in [2.24, 2.45) is 0 Å². The molecule has 0 radical (unpaired) electrons. The van der Waals surface area contributed by atoms with Gasteiger partial charge in [-0.15, -0.1) is 17.8 Å². The number of carbonyl (C=O) groups excluding carboxylic acids is 1. The van der Waals surface area contributed by atoms with Crippen molar-refractivity contribution in [2.75, 3.05) is 12.4 Å². The van der Waals surface area contributed by atoms with Crippen molar-refractivity contribution in [1.29, 1.82) is 0 Å². The van der Waals surface area contributed by atoms with Gasteiger partial charge in [-0.05, 0) is 18.1 Å². The quantitative estimate of drug-likeness (QED) is 0.860. The van der Waals surface area contributed by atoms with Crippen LogP contribution in [0.2, 0.25) is 0 Å². The van der Waals surface area contributed by atoms with Gasteiger partial charge in [-0.3, -0.25) is 4.79 Å². The largest absolute Gasteiger partial charge is 0.495 e. The van der Waals surface area contributed by atoms with Gasteiger partial charge < -0.3 is 10.1 Å². The summed E-state index contributed by atoms with van der Waals surface area (Å²) >= 11 is 1.26. The van der Waals surface area contributed by atoms with Gasteiger partial charge in [-0.2, -0.15) is 0 Å². The SMILES string of the molecule is C#Cc1nc(C(=O)Nc2ccccc2OC)cs1. The highest BCUT2D eigenvalue weighted by molar-refractivity contribution is 7.10. The Labute approximate surface area is 109 Å². The first-order valence-electron chi connectivity index (χ1n) is 5.11. The van der Waals surface area contributed by atoms with Gasteiger partial charge in [0.2, 0.25) is 0 Å². The van der Waals surface area contributed by atoms with Crippen molar-refractivity contribution in [1.82, 2.24) is 4.98 Å². The molecule has 18 heavy (non-hydrogen) atoms. The van der Waals surface area contributed by atoms with Gasteiger partial charge in [0.15, 0.2) is 5.01 Å². The first-order chi connectivity index (χ1) is 8.74. The number of carbonyl (C=O) groups is 1. The van der Waals surface area contributed by atoms with Crippen LogP contribution in [0.4, 0.5) is 5.69 Å². The minimum Gasteiger partial charge on any atom is -0.495 e. The van der Waals surface area contributed by atoms with Crippen LogP contribution >= 0.6 is 11.3 Å². The Morgan fingerprint density at radius 2 is 2.28 bits per heavy atom. The van der Waals surface area contributed by atoms with E-state index in [9.17, 15) is 4.79 Å². The summed E-state index contributed by atoms with van der Waals surface area (Å²) in [6.45, 7) is 0. The fraction of sp³-hybridized carbons (Fsp3) is 0.0769.